The van der Waals surface area contributed by atoms with Gasteiger partial charge in [-0.2, -0.15) is 0 Å². The maximum Gasteiger partial charge on any atom is 0.121 e. The van der Waals surface area contributed by atoms with Crippen LogP contribution in [0.1, 0.15) is 0 Å². The molecule has 4 heteroatoms. The largest absolute Gasteiger partial charge is 0.369 e. The van der Waals surface area contributed by atoms with Gasteiger partial charge in [-0.3, -0.25) is 0 Å². The van der Waals surface area contributed by atoms with Gasteiger partial charge < -0.3 is 10.6 Å². The maximum atomic E-state index is 3.25. The fraction of sp³-hybridized carbons (Fsp3) is 0.500. The second-order valence-corrected chi connectivity index (χ2v) is 4.09. The van der Waals surface area contributed by atoms with Gasteiger partial charge in [-0.15, -0.1) is 0 Å². The Morgan fingerprint density at radius 3 is 2.25 bits per heavy atom. The average molecular weight is 146 g/mol. The summed E-state index contributed by atoms with van der Waals surface area (Å²) in [5, 5.41) is 6.49. The zero-order valence-electron chi connectivity index (χ0n) is 4.23. The van der Waals surface area contributed by atoms with Gasteiger partial charge in [-0.1, -0.05) is 0 Å². The Morgan fingerprint density at radius 1 is 1.12 bits per heavy atom. The molecule has 0 unspecified atom stereocenters. The molecule has 2 rings (SSSR count). The van der Waals surface area contributed by atoms with Crippen LogP contribution < -0.4 is 10.6 Å². The molecule has 0 saturated carbocycles. The molecule has 0 amide bonds. The summed E-state index contributed by atoms with van der Waals surface area (Å²) in [6.07, 6.45) is 0. The van der Waals surface area contributed by atoms with E-state index in [1.54, 1.807) is 0 Å². The number of hydrogen-bond donors (Lipinski definition) is 2. The Hall–Kier alpha value is 0.0400. The quantitative estimate of drug-likeness (QED) is 0.388. The van der Waals surface area contributed by atoms with Crippen LogP contribution in [0.3, 0.4) is 0 Å². The number of nitrogens with one attached hydrogen (secondary N) is 2. The topological polar surface area (TPSA) is 24.1 Å². The van der Waals surface area contributed by atoms with Crippen LogP contribution in [0.25, 0.3) is 0 Å². The van der Waals surface area contributed by atoms with E-state index in [4.69, 9.17) is 0 Å². The van der Waals surface area contributed by atoms with E-state index in [2.05, 4.69) is 10.6 Å². The third kappa shape index (κ3) is 0.778. The van der Waals surface area contributed by atoms with Crippen molar-refractivity contribution in [2.45, 2.75) is 0 Å². The lowest BCUT2D eigenvalue weighted by Gasteiger charge is -1.91. The second-order valence-electron chi connectivity index (χ2n) is 1.68. The molecule has 2 N–H and O–H groups in total. The average Bonchev–Trinajstić information content (AvgIpc) is 2.49. The first-order chi connectivity index (χ1) is 3.97. The van der Waals surface area contributed by atoms with Gasteiger partial charge >= 0.3 is 0 Å². The molecule has 2 aliphatic rings. The molecule has 0 radical (unpaired) electrons. The van der Waals surface area contributed by atoms with Gasteiger partial charge in [0, 0.05) is 13.1 Å². The van der Waals surface area contributed by atoms with Gasteiger partial charge in [-0.25, -0.2) is 0 Å². The first-order valence-corrected chi connectivity index (χ1v) is 4.68. The number of hydrogen-bond acceptors (Lipinski definition) is 4. The van der Waals surface area contributed by atoms with Gasteiger partial charge in [0.2, 0.25) is 0 Å². The van der Waals surface area contributed by atoms with Gasteiger partial charge in [0.05, 0.1) is 0 Å². The Labute approximate surface area is 55.9 Å². The van der Waals surface area contributed by atoms with Crippen LogP contribution in [0.4, 0.5) is 0 Å². The van der Waals surface area contributed by atoms with Gasteiger partial charge in [0.1, 0.15) is 10.1 Å². The Kier molecular flexibility index (Phi) is 1.08. The van der Waals surface area contributed by atoms with Crippen molar-refractivity contribution in [1.82, 2.24) is 10.6 Å². The Balaban J connectivity index is 2.14. The van der Waals surface area contributed by atoms with Crippen LogP contribution in [0, 0.1) is 0 Å². The summed E-state index contributed by atoms with van der Waals surface area (Å²) in [7, 11) is 3.67. The molecule has 2 aliphatic heterocycles. The van der Waals surface area contributed by atoms with E-state index >= 15 is 0 Å². The summed E-state index contributed by atoms with van der Waals surface area (Å²) >= 11 is 0. The predicted molar refractivity (Wildman–Crippen MR) is 38.2 cm³/mol. The summed E-state index contributed by atoms with van der Waals surface area (Å²) in [5.74, 6) is 1.25. The van der Waals surface area contributed by atoms with Crippen LogP contribution in [-0.4, -0.2) is 13.1 Å². The van der Waals surface area contributed by atoms with E-state index in [9.17, 15) is 0 Å². The monoisotopic (exact) mass is 146 g/mol. The smallest absolute Gasteiger partial charge is 0.121 e. The first kappa shape index (κ1) is 4.88. The molecule has 8 heavy (non-hydrogen) atoms. The highest BCUT2D eigenvalue weighted by atomic mass is 33.2. The van der Waals surface area contributed by atoms with E-state index in [-0.39, 0.29) is 0 Å². The lowest BCUT2D eigenvalue weighted by atomic mass is 10.7. The van der Waals surface area contributed by atoms with Crippen molar-refractivity contribution in [2.24, 2.45) is 0 Å². The summed E-state index contributed by atoms with van der Waals surface area (Å²) in [5.41, 5.74) is 0. The van der Waals surface area contributed by atoms with E-state index in [1.807, 2.05) is 21.6 Å². The van der Waals surface area contributed by atoms with E-state index in [0.29, 0.717) is 0 Å². The highest BCUT2D eigenvalue weighted by Gasteiger charge is 2.22. The summed E-state index contributed by atoms with van der Waals surface area (Å²) in [6, 6.07) is 0. The van der Waals surface area contributed by atoms with Crippen molar-refractivity contribution < 1.29 is 0 Å². The standard InChI is InChI=1S/C4H6N2S2/c1-2-6-3(5-1)4-7-8-4/h5-6H,1-2H2. The van der Waals surface area contributed by atoms with E-state index < -0.39 is 0 Å². The highest BCUT2D eigenvalue weighted by Crippen LogP contribution is 2.59. The highest BCUT2D eigenvalue weighted by molar-refractivity contribution is 8.96. The third-order valence-electron chi connectivity index (χ3n) is 1.10. The molecule has 0 aliphatic carbocycles. The molecular formula is C4H6N2S2. The van der Waals surface area contributed by atoms with Crippen molar-refractivity contribution in [3.05, 3.63) is 10.1 Å². The zero-order chi connectivity index (χ0) is 5.40. The van der Waals surface area contributed by atoms with Crippen molar-refractivity contribution in [2.75, 3.05) is 13.1 Å². The van der Waals surface area contributed by atoms with Crippen molar-refractivity contribution in [1.29, 1.82) is 0 Å². The molecule has 0 spiro atoms. The molecule has 2 nitrogen and oxygen atoms in total. The fourth-order valence-electron chi connectivity index (χ4n) is 0.686. The Morgan fingerprint density at radius 2 is 1.75 bits per heavy atom. The molecule has 44 valence electrons. The van der Waals surface area contributed by atoms with Crippen LogP contribution >= 0.6 is 21.6 Å². The molecule has 2 fully saturated rings. The Bertz CT molecular complexity index is 129. The first-order valence-electron chi connectivity index (χ1n) is 2.53. The molecular weight excluding hydrogens is 140 g/mol. The van der Waals surface area contributed by atoms with Crippen molar-refractivity contribution in [3.8, 4) is 0 Å². The van der Waals surface area contributed by atoms with E-state index in [0.717, 1.165) is 13.1 Å². The number of rotatable bonds is 0. The SMILES string of the molecule is C1CNC(=C2SS2)N1. The molecule has 0 aromatic carbocycles. The summed E-state index contributed by atoms with van der Waals surface area (Å²) in [6.45, 7) is 2.17. The molecule has 2 saturated heterocycles. The third-order valence-corrected chi connectivity index (χ3v) is 2.84. The van der Waals surface area contributed by atoms with Crippen LogP contribution in [-0.2, 0) is 0 Å². The van der Waals surface area contributed by atoms with Gasteiger partial charge in [-0.05, 0) is 21.6 Å². The van der Waals surface area contributed by atoms with E-state index in [1.165, 1.54) is 10.1 Å². The zero-order valence-corrected chi connectivity index (χ0v) is 5.86. The summed E-state index contributed by atoms with van der Waals surface area (Å²) in [4.78, 5) is 0. The maximum absolute atomic E-state index is 3.25. The van der Waals surface area contributed by atoms with Gasteiger partial charge in [0.15, 0.2) is 0 Å². The minimum absolute atomic E-state index is 1.08. The predicted octanol–water partition coefficient (Wildman–Crippen LogP) is 0.701. The summed E-state index contributed by atoms with van der Waals surface area (Å²) < 4.78 is 1.42. The van der Waals surface area contributed by atoms with Crippen molar-refractivity contribution >= 4 is 21.6 Å². The molecule has 0 aromatic rings. The molecule has 2 heterocycles. The van der Waals surface area contributed by atoms with Crippen LogP contribution in [0.2, 0.25) is 0 Å². The lowest BCUT2D eigenvalue weighted by molar-refractivity contribution is 0.942. The lowest BCUT2D eigenvalue weighted by Crippen LogP contribution is -2.08. The minimum Gasteiger partial charge on any atom is -0.369 e. The second kappa shape index (κ2) is 1.77. The molecule has 0 atom stereocenters. The van der Waals surface area contributed by atoms with Crippen molar-refractivity contribution in [3.63, 3.8) is 0 Å². The normalized spacial score (nSPS) is 25.0. The molecule has 0 bridgehead atoms. The van der Waals surface area contributed by atoms with Crippen LogP contribution in [0.15, 0.2) is 10.1 Å². The fourth-order valence-corrected chi connectivity index (χ4v) is 1.81. The van der Waals surface area contributed by atoms with Crippen LogP contribution in [0.5, 0.6) is 0 Å². The molecule has 0 aromatic heterocycles. The van der Waals surface area contributed by atoms with Gasteiger partial charge in [0.25, 0.3) is 0 Å². The minimum atomic E-state index is 1.08.